The Labute approximate surface area is 139 Å². The molecule has 24 heavy (non-hydrogen) atoms. The van der Waals surface area contributed by atoms with Gasteiger partial charge in [0.15, 0.2) is 0 Å². The molecular formula is C19H18FN3O. The quantitative estimate of drug-likeness (QED) is 0.732. The SMILES string of the molecule is O=C(NCc1cccn1Cc1ccccc1)Nc1ccc(F)cc1. The van der Waals surface area contributed by atoms with E-state index in [2.05, 4.69) is 27.3 Å². The molecule has 4 nitrogen and oxygen atoms in total. The minimum atomic E-state index is -0.334. The van der Waals surface area contributed by atoms with Crippen molar-refractivity contribution in [3.05, 3.63) is 90.0 Å². The molecule has 0 saturated carbocycles. The molecule has 1 aromatic heterocycles. The summed E-state index contributed by atoms with van der Waals surface area (Å²) in [5.41, 5.74) is 2.76. The molecule has 122 valence electrons. The van der Waals surface area contributed by atoms with Crippen LogP contribution in [0.4, 0.5) is 14.9 Å². The maximum Gasteiger partial charge on any atom is 0.319 e. The van der Waals surface area contributed by atoms with E-state index < -0.39 is 0 Å². The van der Waals surface area contributed by atoms with Crippen molar-refractivity contribution in [3.8, 4) is 0 Å². The summed E-state index contributed by atoms with van der Waals surface area (Å²) in [4.78, 5) is 11.9. The number of benzene rings is 2. The second-order valence-corrected chi connectivity index (χ2v) is 5.43. The van der Waals surface area contributed by atoms with Gasteiger partial charge in [-0.05, 0) is 42.0 Å². The van der Waals surface area contributed by atoms with Crippen molar-refractivity contribution in [1.29, 1.82) is 0 Å². The number of carbonyl (C=O) groups is 1. The lowest BCUT2D eigenvalue weighted by molar-refractivity contribution is 0.251. The summed E-state index contributed by atoms with van der Waals surface area (Å²) in [5.74, 6) is -0.334. The van der Waals surface area contributed by atoms with Gasteiger partial charge in [0, 0.05) is 24.1 Å². The van der Waals surface area contributed by atoms with E-state index in [1.165, 1.54) is 29.8 Å². The number of carbonyl (C=O) groups excluding carboxylic acids is 1. The van der Waals surface area contributed by atoms with Gasteiger partial charge in [0.1, 0.15) is 5.82 Å². The van der Waals surface area contributed by atoms with Gasteiger partial charge in [-0.2, -0.15) is 0 Å². The van der Waals surface area contributed by atoms with Crippen LogP contribution in [0, 0.1) is 5.82 Å². The Balaban J connectivity index is 1.56. The molecule has 0 bridgehead atoms. The van der Waals surface area contributed by atoms with Crippen molar-refractivity contribution in [3.63, 3.8) is 0 Å². The van der Waals surface area contributed by atoms with Gasteiger partial charge < -0.3 is 15.2 Å². The summed E-state index contributed by atoms with van der Waals surface area (Å²) in [5, 5.41) is 5.48. The van der Waals surface area contributed by atoms with E-state index in [0.717, 1.165) is 12.2 Å². The highest BCUT2D eigenvalue weighted by Gasteiger charge is 2.05. The first-order valence-corrected chi connectivity index (χ1v) is 7.69. The topological polar surface area (TPSA) is 46.1 Å². The molecule has 3 rings (SSSR count). The Kier molecular flexibility index (Phi) is 4.91. The lowest BCUT2D eigenvalue weighted by Gasteiger charge is -2.11. The standard InChI is InChI=1S/C19H18FN3O/c20-16-8-10-17(11-9-16)22-19(24)21-13-18-7-4-12-23(18)14-15-5-2-1-3-6-15/h1-12H,13-14H2,(H2,21,22,24). The number of amides is 2. The highest BCUT2D eigenvalue weighted by molar-refractivity contribution is 5.89. The predicted molar refractivity (Wildman–Crippen MR) is 92.2 cm³/mol. The number of rotatable bonds is 5. The number of hydrogen-bond acceptors (Lipinski definition) is 1. The van der Waals surface area contributed by atoms with Crippen molar-refractivity contribution in [2.24, 2.45) is 0 Å². The van der Waals surface area contributed by atoms with E-state index in [1.807, 2.05) is 36.5 Å². The Hall–Kier alpha value is -3.08. The highest BCUT2D eigenvalue weighted by Crippen LogP contribution is 2.09. The molecule has 5 heteroatoms. The van der Waals surface area contributed by atoms with Crippen LogP contribution in [0.5, 0.6) is 0 Å². The molecule has 0 aliphatic rings. The Bertz CT molecular complexity index is 797. The number of anilines is 1. The van der Waals surface area contributed by atoms with Crippen molar-refractivity contribution in [1.82, 2.24) is 9.88 Å². The van der Waals surface area contributed by atoms with Crippen molar-refractivity contribution >= 4 is 11.7 Å². The monoisotopic (exact) mass is 323 g/mol. The van der Waals surface area contributed by atoms with E-state index in [0.29, 0.717) is 12.2 Å². The van der Waals surface area contributed by atoms with Crippen LogP contribution in [0.1, 0.15) is 11.3 Å². The summed E-state index contributed by atoms with van der Waals surface area (Å²) < 4.78 is 14.9. The third-order valence-corrected chi connectivity index (χ3v) is 3.65. The van der Waals surface area contributed by atoms with Crippen LogP contribution in [-0.2, 0) is 13.1 Å². The summed E-state index contributed by atoms with van der Waals surface area (Å²) in [7, 11) is 0. The van der Waals surface area contributed by atoms with Crippen LogP contribution in [0.3, 0.4) is 0 Å². The van der Waals surface area contributed by atoms with E-state index in [1.54, 1.807) is 0 Å². The summed E-state index contributed by atoms with van der Waals surface area (Å²) >= 11 is 0. The lowest BCUT2D eigenvalue weighted by Crippen LogP contribution is -2.29. The fraction of sp³-hybridized carbons (Fsp3) is 0.105. The Morgan fingerprint density at radius 3 is 2.46 bits per heavy atom. The lowest BCUT2D eigenvalue weighted by atomic mass is 10.2. The van der Waals surface area contributed by atoms with Gasteiger partial charge in [0.2, 0.25) is 0 Å². The Morgan fingerprint density at radius 2 is 1.71 bits per heavy atom. The van der Waals surface area contributed by atoms with E-state index in [9.17, 15) is 9.18 Å². The molecule has 1 heterocycles. The zero-order chi connectivity index (χ0) is 16.8. The molecule has 2 amide bonds. The fourth-order valence-electron chi connectivity index (χ4n) is 2.42. The minimum absolute atomic E-state index is 0.325. The average Bonchev–Trinajstić information content (AvgIpc) is 3.03. The maximum atomic E-state index is 12.9. The van der Waals surface area contributed by atoms with E-state index >= 15 is 0 Å². The minimum Gasteiger partial charge on any atom is -0.345 e. The van der Waals surface area contributed by atoms with Crippen molar-refractivity contribution < 1.29 is 9.18 Å². The molecule has 0 aliphatic heterocycles. The number of hydrogen-bond donors (Lipinski definition) is 2. The van der Waals surface area contributed by atoms with Crippen LogP contribution in [0.25, 0.3) is 0 Å². The van der Waals surface area contributed by atoms with Crippen LogP contribution in [-0.4, -0.2) is 10.6 Å². The normalized spacial score (nSPS) is 10.4. The molecule has 0 aliphatic carbocycles. The number of nitrogens with one attached hydrogen (secondary N) is 2. The van der Waals surface area contributed by atoms with Crippen molar-refractivity contribution in [2.75, 3.05) is 5.32 Å². The molecule has 2 N–H and O–H groups in total. The number of urea groups is 1. The summed E-state index contributed by atoms with van der Waals surface area (Å²) in [6, 6.07) is 19.4. The van der Waals surface area contributed by atoms with Crippen LogP contribution in [0.15, 0.2) is 72.9 Å². The third-order valence-electron chi connectivity index (χ3n) is 3.65. The van der Waals surface area contributed by atoms with Gasteiger partial charge in [-0.15, -0.1) is 0 Å². The number of halogens is 1. The van der Waals surface area contributed by atoms with Gasteiger partial charge >= 0.3 is 6.03 Å². The number of aromatic nitrogens is 1. The van der Waals surface area contributed by atoms with E-state index in [-0.39, 0.29) is 11.8 Å². The van der Waals surface area contributed by atoms with Crippen molar-refractivity contribution in [2.45, 2.75) is 13.1 Å². The zero-order valence-corrected chi connectivity index (χ0v) is 13.1. The highest BCUT2D eigenvalue weighted by atomic mass is 19.1. The van der Waals surface area contributed by atoms with Gasteiger partial charge in [0.05, 0.1) is 6.54 Å². The largest absolute Gasteiger partial charge is 0.345 e. The van der Waals surface area contributed by atoms with Crippen LogP contribution >= 0.6 is 0 Å². The molecule has 0 spiro atoms. The maximum absolute atomic E-state index is 12.9. The third kappa shape index (κ3) is 4.23. The van der Waals surface area contributed by atoms with Crippen LogP contribution < -0.4 is 10.6 Å². The molecule has 0 fully saturated rings. The van der Waals surface area contributed by atoms with Gasteiger partial charge in [-0.1, -0.05) is 30.3 Å². The van der Waals surface area contributed by atoms with Gasteiger partial charge in [-0.3, -0.25) is 0 Å². The molecular weight excluding hydrogens is 305 g/mol. The fourth-order valence-corrected chi connectivity index (χ4v) is 2.42. The molecule has 3 aromatic rings. The summed E-state index contributed by atoms with van der Waals surface area (Å²) in [6.07, 6.45) is 1.99. The molecule has 0 radical (unpaired) electrons. The van der Waals surface area contributed by atoms with Gasteiger partial charge in [0.25, 0.3) is 0 Å². The first-order valence-electron chi connectivity index (χ1n) is 7.69. The molecule has 2 aromatic carbocycles. The van der Waals surface area contributed by atoms with E-state index in [4.69, 9.17) is 0 Å². The second-order valence-electron chi connectivity index (χ2n) is 5.43. The zero-order valence-electron chi connectivity index (χ0n) is 13.1. The first-order chi connectivity index (χ1) is 11.7. The predicted octanol–water partition coefficient (Wildman–Crippen LogP) is 4.00. The number of nitrogens with zero attached hydrogens (tertiary/aromatic N) is 1. The summed E-state index contributed by atoms with van der Waals surface area (Å²) in [6.45, 7) is 1.16. The molecule has 0 atom stereocenters. The Morgan fingerprint density at radius 1 is 0.958 bits per heavy atom. The van der Waals surface area contributed by atoms with Gasteiger partial charge in [-0.25, -0.2) is 9.18 Å². The molecule has 0 unspecified atom stereocenters. The second kappa shape index (κ2) is 7.46. The van der Waals surface area contributed by atoms with Crippen LogP contribution in [0.2, 0.25) is 0 Å². The smallest absolute Gasteiger partial charge is 0.319 e. The first kappa shape index (κ1) is 15.8. The molecule has 0 saturated heterocycles. The average molecular weight is 323 g/mol.